The maximum absolute atomic E-state index is 13.5. The van der Waals surface area contributed by atoms with Gasteiger partial charge in [-0.25, -0.2) is 14.4 Å². The number of hydrogen-bond donors (Lipinski definition) is 2. The Morgan fingerprint density at radius 3 is 2.82 bits per heavy atom. The fraction of sp³-hybridized carbons (Fsp3) is 0.312. The molecule has 1 fully saturated rings. The lowest BCUT2D eigenvalue weighted by atomic mass is 10.2. The molecule has 3 rings (SSSR count). The maximum atomic E-state index is 13.5. The molecule has 1 aliphatic carbocycles. The summed E-state index contributed by atoms with van der Waals surface area (Å²) in [6, 6.07) is 8.43. The van der Waals surface area contributed by atoms with Crippen LogP contribution in [-0.4, -0.2) is 21.9 Å². The van der Waals surface area contributed by atoms with Crippen molar-refractivity contribution in [3.63, 3.8) is 0 Å². The molecule has 114 valence electrons. The summed E-state index contributed by atoms with van der Waals surface area (Å²) >= 11 is 0. The highest BCUT2D eigenvalue weighted by Crippen LogP contribution is 2.23. The number of carbonyl (C=O) groups is 1. The summed E-state index contributed by atoms with van der Waals surface area (Å²) in [5.41, 5.74) is 0.727. The van der Waals surface area contributed by atoms with E-state index in [9.17, 15) is 9.18 Å². The van der Waals surface area contributed by atoms with E-state index in [4.69, 9.17) is 0 Å². The number of aromatic nitrogens is 2. The molecule has 2 aromatic rings. The number of amides is 1. The molecule has 0 radical (unpaired) electrons. The van der Waals surface area contributed by atoms with Gasteiger partial charge in [-0.1, -0.05) is 18.2 Å². The lowest BCUT2D eigenvalue weighted by molar-refractivity contribution is 0.0945. The molecule has 6 heteroatoms. The van der Waals surface area contributed by atoms with Gasteiger partial charge in [0.1, 0.15) is 23.2 Å². The molecule has 1 aliphatic rings. The quantitative estimate of drug-likeness (QED) is 0.890. The van der Waals surface area contributed by atoms with Gasteiger partial charge in [-0.3, -0.25) is 4.79 Å². The second-order valence-electron chi connectivity index (χ2n) is 5.38. The third-order valence-corrected chi connectivity index (χ3v) is 3.40. The first-order chi connectivity index (χ1) is 10.6. The van der Waals surface area contributed by atoms with Crippen LogP contribution in [-0.2, 0) is 6.54 Å². The van der Waals surface area contributed by atoms with Crippen molar-refractivity contribution >= 4 is 11.7 Å². The van der Waals surface area contributed by atoms with Crippen molar-refractivity contribution in [2.75, 3.05) is 5.32 Å². The molecule has 0 bridgehead atoms. The molecule has 5 nitrogen and oxygen atoms in total. The second-order valence-corrected chi connectivity index (χ2v) is 5.38. The SMILES string of the molecule is Cc1nc(NC2CC2)cc(C(=O)NCc2ccccc2F)n1. The van der Waals surface area contributed by atoms with Crippen LogP contribution in [0.2, 0.25) is 0 Å². The van der Waals surface area contributed by atoms with Gasteiger partial charge >= 0.3 is 0 Å². The Morgan fingerprint density at radius 1 is 1.32 bits per heavy atom. The molecule has 0 saturated heterocycles. The Balaban J connectivity index is 1.68. The van der Waals surface area contributed by atoms with E-state index in [0.717, 1.165) is 12.8 Å². The number of halogens is 1. The zero-order chi connectivity index (χ0) is 15.5. The largest absolute Gasteiger partial charge is 0.367 e. The Labute approximate surface area is 128 Å². The highest BCUT2D eigenvalue weighted by Gasteiger charge is 2.22. The number of carbonyl (C=O) groups excluding carboxylic acids is 1. The van der Waals surface area contributed by atoms with Gasteiger partial charge in [0.25, 0.3) is 5.91 Å². The highest BCUT2D eigenvalue weighted by molar-refractivity contribution is 5.92. The van der Waals surface area contributed by atoms with Crippen molar-refractivity contribution < 1.29 is 9.18 Å². The van der Waals surface area contributed by atoms with Gasteiger partial charge in [-0.15, -0.1) is 0 Å². The average molecular weight is 300 g/mol. The Bertz CT molecular complexity index is 700. The zero-order valence-electron chi connectivity index (χ0n) is 12.3. The fourth-order valence-electron chi connectivity index (χ4n) is 2.10. The molecule has 1 saturated carbocycles. The summed E-state index contributed by atoms with van der Waals surface area (Å²) in [5, 5.41) is 5.93. The summed E-state index contributed by atoms with van der Waals surface area (Å²) < 4.78 is 13.5. The first-order valence-electron chi connectivity index (χ1n) is 7.25. The van der Waals surface area contributed by atoms with Crippen molar-refractivity contribution in [1.82, 2.24) is 15.3 Å². The third-order valence-electron chi connectivity index (χ3n) is 3.40. The minimum absolute atomic E-state index is 0.125. The molecule has 22 heavy (non-hydrogen) atoms. The van der Waals surface area contributed by atoms with Crippen molar-refractivity contribution in [2.45, 2.75) is 32.4 Å². The average Bonchev–Trinajstić information content (AvgIpc) is 3.29. The number of rotatable bonds is 5. The van der Waals surface area contributed by atoms with Crippen molar-refractivity contribution in [2.24, 2.45) is 0 Å². The molecule has 1 amide bonds. The summed E-state index contributed by atoms with van der Waals surface area (Å²) in [4.78, 5) is 20.6. The smallest absolute Gasteiger partial charge is 0.270 e. The van der Waals surface area contributed by atoms with Crippen molar-refractivity contribution in [3.05, 3.63) is 53.2 Å². The molecule has 0 spiro atoms. The van der Waals surface area contributed by atoms with Crippen LogP contribution in [0.3, 0.4) is 0 Å². The van der Waals surface area contributed by atoms with Crippen LogP contribution in [0.15, 0.2) is 30.3 Å². The predicted molar refractivity (Wildman–Crippen MR) is 81.0 cm³/mol. The molecule has 0 unspecified atom stereocenters. The van der Waals surface area contributed by atoms with Gasteiger partial charge in [0, 0.05) is 24.2 Å². The first kappa shape index (κ1) is 14.4. The Morgan fingerprint density at radius 2 is 2.09 bits per heavy atom. The first-order valence-corrected chi connectivity index (χ1v) is 7.25. The monoisotopic (exact) mass is 300 g/mol. The molecular weight excluding hydrogens is 283 g/mol. The molecule has 0 atom stereocenters. The van der Waals surface area contributed by atoms with Crippen LogP contribution in [0, 0.1) is 12.7 Å². The Hall–Kier alpha value is -2.50. The number of nitrogens with zero attached hydrogens (tertiary/aromatic N) is 2. The second kappa shape index (κ2) is 6.09. The highest BCUT2D eigenvalue weighted by atomic mass is 19.1. The van der Waals surface area contributed by atoms with E-state index < -0.39 is 0 Å². The summed E-state index contributed by atoms with van der Waals surface area (Å²) in [6.07, 6.45) is 2.25. The van der Waals surface area contributed by atoms with E-state index in [1.165, 1.54) is 6.07 Å². The molecule has 1 heterocycles. The molecule has 1 aromatic heterocycles. The van der Waals surface area contributed by atoms with Gasteiger partial charge in [0.2, 0.25) is 0 Å². The van der Waals surface area contributed by atoms with E-state index in [0.29, 0.717) is 23.2 Å². The van der Waals surface area contributed by atoms with E-state index >= 15 is 0 Å². The van der Waals surface area contributed by atoms with Crippen LogP contribution in [0.5, 0.6) is 0 Å². The topological polar surface area (TPSA) is 66.9 Å². The van der Waals surface area contributed by atoms with Gasteiger partial charge in [0.05, 0.1) is 0 Å². The molecule has 1 aromatic carbocycles. The number of nitrogens with one attached hydrogen (secondary N) is 2. The van der Waals surface area contributed by atoms with Gasteiger partial charge in [-0.05, 0) is 25.8 Å². The number of benzene rings is 1. The zero-order valence-corrected chi connectivity index (χ0v) is 12.3. The van der Waals surface area contributed by atoms with Crippen LogP contribution in [0.25, 0.3) is 0 Å². The van der Waals surface area contributed by atoms with E-state index in [1.807, 2.05) is 0 Å². The third kappa shape index (κ3) is 3.58. The standard InChI is InChI=1S/C16H17FN4O/c1-10-19-14(8-15(20-10)21-12-6-7-12)16(22)18-9-11-4-2-3-5-13(11)17/h2-5,8,12H,6-7,9H2,1H3,(H,18,22)(H,19,20,21). The van der Waals surface area contributed by atoms with Gasteiger partial charge in [-0.2, -0.15) is 0 Å². The van der Waals surface area contributed by atoms with Crippen molar-refractivity contribution in [1.29, 1.82) is 0 Å². The minimum atomic E-state index is -0.340. The summed E-state index contributed by atoms with van der Waals surface area (Å²) in [7, 11) is 0. The van der Waals surface area contributed by atoms with Crippen LogP contribution in [0.4, 0.5) is 10.2 Å². The van der Waals surface area contributed by atoms with Gasteiger partial charge in [0.15, 0.2) is 0 Å². The van der Waals surface area contributed by atoms with Gasteiger partial charge < -0.3 is 10.6 Å². The Kier molecular flexibility index (Phi) is 4.00. The number of hydrogen-bond acceptors (Lipinski definition) is 4. The van der Waals surface area contributed by atoms with Crippen LogP contribution in [0.1, 0.15) is 34.7 Å². The fourth-order valence-corrected chi connectivity index (χ4v) is 2.10. The minimum Gasteiger partial charge on any atom is -0.367 e. The molecule has 2 N–H and O–H groups in total. The molecular formula is C16H17FN4O. The number of aryl methyl sites for hydroxylation is 1. The van der Waals surface area contributed by atoms with Crippen molar-refractivity contribution in [3.8, 4) is 0 Å². The lowest BCUT2D eigenvalue weighted by Gasteiger charge is -2.09. The van der Waals surface area contributed by atoms with Crippen LogP contribution >= 0.6 is 0 Å². The van der Waals surface area contributed by atoms with Crippen LogP contribution < -0.4 is 10.6 Å². The van der Waals surface area contributed by atoms with E-state index in [1.54, 1.807) is 31.2 Å². The number of anilines is 1. The maximum Gasteiger partial charge on any atom is 0.270 e. The molecule has 0 aliphatic heterocycles. The summed E-state index contributed by atoms with van der Waals surface area (Å²) in [5.74, 6) is 0.512. The van der Waals surface area contributed by atoms with E-state index in [-0.39, 0.29) is 24.0 Å². The lowest BCUT2D eigenvalue weighted by Crippen LogP contribution is -2.25. The predicted octanol–water partition coefficient (Wildman–Crippen LogP) is 2.43. The summed E-state index contributed by atoms with van der Waals surface area (Å²) in [6.45, 7) is 1.87. The van der Waals surface area contributed by atoms with E-state index in [2.05, 4.69) is 20.6 Å². The normalized spacial score (nSPS) is 13.7.